The van der Waals surface area contributed by atoms with E-state index in [2.05, 4.69) is 15.3 Å². The molecule has 0 saturated heterocycles. The number of pyridine rings is 1. The van der Waals surface area contributed by atoms with E-state index in [1.165, 1.54) is 0 Å². The molecular weight excluding hydrogens is 413 g/mol. The monoisotopic (exact) mass is 427 g/mol. The number of benzene rings is 2. The van der Waals surface area contributed by atoms with Crippen molar-refractivity contribution in [2.45, 2.75) is 13.0 Å². The predicted octanol–water partition coefficient (Wildman–Crippen LogP) is 5.60. The molecule has 0 aliphatic heterocycles. The van der Waals surface area contributed by atoms with Crippen LogP contribution in [0.5, 0.6) is 5.75 Å². The van der Waals surface area contributed by atoms with Crippen LogP contribution in [0.4, 0.5) is 5.69 Å². The van der Waals surface area contributed by atoms with Gasteiger partial charge in [-0.1, -0.05) is 29.3 Å². The van der Waals surface area contributed by atoms with Crippen LogP contribution in [-0.4, -0.2) is 22.0 Å². The second kappa shape index (κ2) is 8.11. The van der Waals surface area contributed by atoms with Gasteiger partial charge >= 0.3 is 0 Å². The van der Waals surface area contributed by atoms with Crippen molar-refractivity contribution < 1.29 is 13.9 Å². The van der Waals surface area contributed by atoms with E-state index < -0.39 is 6.10 Å². The molecule has 4 aromatic rings. The topological polar surface area (TPSA) is 77.2 Å². The summed E-state index contributed by atoms with van der Waals surface area (Å²) in [5, 5.41) is 3.42. The number of amides is 1. The van der Waals surface area contributed by atoms with Gasteiger partial charge in [-0.15, -0.1) is 0 Å². The lowest BCUT2D eigenvalue weighted by Gasteiger charge is -2.16. The summed E-state index contributed by atoms with van der Waals surface area (Å²) in [6.45, 7) is 1.63. The number of nitrogens with zero attached hydrogens (tertiary/aromatic N) is 2. The highest BCUT2D eigenvalue weighted by molar-refractivity contribution is 6.42. The molecule has 0 aliphatic carbocycles. The van der Waals surface area contributed by atoms with Crippen LogP contribution in [0.25, 0.3) is 22.6 Å². The summed E-state index contributed by atoms with van der Waals surface area (Å²) < 4.78 is 11.4. The summed E-state index contributed by atoms with van der Waals surface area (Å²) in [6.07, 6.45) is 2.55. The first-order chi connectivity index (χ1) is 14.0. The molecule has 1 atom stereocenters. The number of anilines is 1. The fourth-order valence-corrected chi connectivity index (χ4v) is 3.02. The fraction of sp³-hybridized carbons (Fsp3) is 0.0952. The van der Waals surface area contributed by atoms with E-state index in [0.29, 0.717) is 33.4 Å². The maximum Gasteiger partial charge on any atom is 0.265 e. The van der Waals surface area contributed by atoms with Gasteiger partial charge in [-0.2, -0.15) is 0 Å². The molecule has 4 rings (SSSR count). The van der Waals surface area contributed by atoms with Crippen LogP contribution in [0.2, 0.25) is 10.0 Å². The van der Waals surface area contributed by atoms with E-state index in [4.69, 9.17) is 32.4 Å². The Hall–Kier alpha value is -3.09. The number of fused-ring (bicyclic) bond motifs is 1. The zero-order chi connectivity index (χ0) is 20.4. The Morgan fingerprint density at radius 3 is 2.72 bits per heavy atom. The highest BCUT2D eigenvalue weighted by Crippen LogP contribution is 2.32. The zero-order valence-corrected chi connectivity index (χ0v) is 16.7. The molecule has 1 unspecified atom stereocenters. The lowest BCUT2D eigenvalue weighted by Crippen LogP contribution is -2.30. The molecule has 29 heavy (non-hydrogen) atoms. The number of aromatic nitrogens is 2. The number of carbonyl (C=O) groups is 1. The Morgan fingerprint density at radius 1 is 1.14 bits per heavy atom. The van der Waals surface area contributed by atoms with Crippen LogP contribution in [-0.2, 0) is 4.79 Å². The van der Waals surface area contributed by atoms with Crippen LogP contribution in [0.15, 0.2) is 65.3 Å². The highest BCUT2D eigenvalue weighted by Gasteiger charge is 2.18. The third kappa shape index (κ3) is 4.18. The molecule has 6 nitrogen and oxygen atoms in total. The Morgan fingerprint density at radius 2 is 1.93 bits per heavy atom. The van der Waals surface area contributed by atoms with Gasteiger partial charge in [0.1, 0.15) is 16.3 Å². The average molecular weight is 428 g/mol. The van der Waals surface area contributed by atoms with Crippen molar-refractivity contribution >= 4 is 45.9 Å². The van der Waals surface area contributed by atoms with Crippen molar-refractivity contribution in [3.63, 3.8) is 0 Å². The number of ether oxygens (including phenoxy) is 1. The van der Waals surface area contributed by atoms with Gasteiger partial charge in [0, 0.05) is 29.7 Å². The summed E-state index contributed by atoms with van der Waals surface area (Å²) in [5.74, 6) is 0.488. The molecule has 1 amide bonds. The van der Waals surface area contributed by atoms with Crippen LogP contribution >= 0.6 is 23.2 Å². The van der Waals surface area contributed by atoms with Gasteiger partial charge in [-0.3, -0.25) is 9.78 Å². The van der Waals surface area contributed by atoms with Crippen molar-refractivity contribution in [3.8, 4) is 17.2 Å². The Labute approximate surface area is 176 Å². The lowest BCUT2D eigenvalue weighted by atomic mass is 10.2. The normalized spacial score (nSPS) is 12.0. The zero-order valence-electron chi connectivity index (χ0n) is 15.2. The average Bonchev–Trinajstić information content (AvgIpc) is 3.15. The minimum Gasteiger partial charge on any atom is -0.479 e. The number of nitrogens with one attached hydrogen (secondary N) is 1. The summed E-state index contributed by atoms with van der Waals surface area (Å²) >= 11 is 12.1. The summed E-state index contributed by atoms with van der Waals surface area (Å²) in [6, 6.07) is 13.9. The molecule has 8 heteroatoms. The van der Waals surface area contributed by atoms with Crippen molar-refractivity contribution in [2.24, 2.45) is 0 Å². The predicted molar refractivity (Wildman–Crippen MR) is 112 cm³/mol. The molecule has 2 heterocycles. The second-order valence-corrected chi connectivity index (χ2v) is 7.02. The van der Waals surface area contributed by atoms with Gasteiger partial charge in [-0.05, 0) is 43.3 Å². The molecule has 0 aliphatic rings. The van der Waals surface area contributed by atoms with Gasteiger partial charge in [-0.25, -0.2) is 4.98 Å². The molecule has 1 N–H and O–H groups in total. The van der Waals surface area contributed by atoms with E-state index in [1.54, 1.807) is 55.7 Å². The van der Waals surface area contributed by atoms with E-state index in [9.17, 15) is 4.79 Å². The number of halogens is 2. The first-order valence-corrected chi connectivity index (χ1v) is 9.49. The Bertz CT molecular complexity index is 1180. The third-order valence-electron chi connectivity index (χ3n) is 4.17. The first-order valence-electron chi connectivity index (χ1n) is 8.74. The Kier molecular flexibility index (Phi) is 5.38. The first kappa shape index (κ1) is 19.2. The lowest BCUT2D eigenvalue weighted by molar-refractivity contribution is -0.122. The molecule has 0 bridgehead atoms. The van der Waals surface area contributed by atoms with Crippen LogP contribution in [0, 0.1) is 0 Å². The fourth-order valence-electron chi connectivity index (χ4n) is 2.68. The minimum absolute atomic E-state index is 0.264. The van der Waals surface area contributed by atoms with E-state index in [0.717, 1.165) is 5.56 Å². The van der Waals surface area contributed by atoms with Gasteiger partial charge in [0.2, 0.25) is 5.89 Å². The van der Waals surface area contributed by atoms with Crippen molar-refractivity contribution in [1.82, 2.24) is 9.97 Å². The van der Waals surface area contributed by atoms with Crippen LogP contribution < -0.4 is 10.1 Å². The molecule has 0 radical (unpaired) electrons. The largest absolute Gasteiger partial charge is 0.479 e. The second-order valence-electron chi connectivity index (χ2n) is 6.24. The molecule has 0 spiro atoms. The SMILES string of the molecule is CC(Oc1cccc(Cl)c1Cl)C(=O)Nc1ccc2nc(-c3ccncc3)oc2c1. The highest BCUT2D eigenvalue weighted by atomic mass is 35.5. The van der Waals surface area contributed by atoms with Crippen LogP contribution in [0.3, 0.4) is 0 Å². The molecule has 2 aromatic heterocycles. The minimum atomic E-state index is -0.788. The molecule has 0 saturated carbocycles. The number of rotatable bonds is 5. The van der Waals surface area contributed by atoms with Gasteiger partial charge in [0.05, 0.1) is 5.02 Å². The van der Waals surface area contributed by atoms with Crippen molar-refractivity contribution in [3.05, 3.63) is 71.0 Å². The van der Waals surface area contributed by atoms with Gasteiger partial charge in [0.15, 0.2) is 11.7 Å². The Balaban J connectivity index is 1.49. The maximum atomic E-state index is 12.5. The van der Waals surface area contributed by atoms with Crippen LogP contribution in [0.1, 0.15) is 6.92 Å². The number of hydrogen-bond donors (Lipinski definition) is 1. The molecule has 0 fully saturated rings. The van der Waals surface area contributed by atoms with E-state index >= 15 is 0 Å². The van der Waals surface area contributed by atoms with Gasteiger partial charge in [0.25, 0.3) is 5.91 Å². The third-order valence-corrected chi connectivity index (χ3v) is 4.97. The van der Waals surface area contributed by atoms with Gasteiger partial charge < -0.3 is 14.5 Å². The summed E-state index contributed by atoms with van der Waals surface area (Å²) in [5.41, 5.74) is 2.63. The number of hydrogen-bond acceptors (Lipinski definition) is 5. The summed E-state index contributed by atoms with van der Waals surface area (Å²) in [4.78, 5) is 20.9. The molecule has 146 valence electrons. The smallest absolute Gasteiger partial charge is 0.265 e. The number of carbonyl (C=O) groups excluding carboxylic acids is 1. The van der Waals surface area contributed by atoms with E-state index in [1.807, 2.05) is 12.1 Å². The number of oxazole rings is 1. The summed E-state index contributed by atoms with van der Waals surface area (Å²) in [7, 11) is 0. The maximum absolute atomic E-state index is 12.5. The molecule has 2 aromatic carbocycles. The quantitative estimate of drug-likeness (QED) is 0.448. The van der Waals surface area contributed by atoms with E-state index in [-0.39, 0.29) is 10.9 Å². The molecular formula is C21H15Cl2N3O3. The van der Waals surface area contributed by atoms with Crippen molar-refractivity contribution in [1.29, 1.82) is 0 Å². The standard InChI is InChI=1S/C21H15Cl2N3O3/c1-12(28-17-4-2-3-15(22)19(17)23)20(27)25-14-5-6-16-18(11-14)29-21(26-16)13-7-9-24-10-8-13/h2-12H,1H3,(H,25,27). The van der Waals surface area contributed by atoms with Crippen molar-refractivity contribution in [2.75, 3.05) is 5.32 Å².